The molecule has 0 amide bonds. The first-order chi connectivity index (χ1) is 35.2. The smallest absolute Gasteiger partial charge is 0.247 e. The highest BCUT2D eigenvalue weighted by molar-refractivity contribution is 6.99. The number of benzene rings is 9. The molecule has 2 fully saturated rings. The number of anilines is 3. The highest BCUT2D eigenvalue weighted by Gasteiger charge is 2.51. The fraction of sp³-hybridized carbons (Fsp3) is 0.194. The van der Waals surface area contributed by atoms with Crippen molar-refractivity contribution in [1.29, 1.82) is 0 Å². The number of para-hydroxylation sites is 1. The predicted octanol–water partition coefficient (Wildman–Crippen LogP) is 13.5. The van der Waals surface area contributed by atoms with Crippen LogP contribution in [0.3, 0.4) is 0 Å². The van der Waals surface area contributed by atoms with Gasteiger partial charge in [-0.25, -0.2) is 0 Å². The van der Waals surface area contributed by atoms with E-state index in [4.69, 9.17) is 0 Å². The van der Waals surface area contributed by atoms with E-state index in [1.807, 2.05) is 0 Å². The monoisotopic (exact) mass is 928 g/mol. The average Bonchev–Trinajstić information content (AvgIpc) is 3.77. The quantitative estimate of drug-likeness (QED) is 0.138. The predicted molar refractivity (Wildman–Crippen MR) is 302 cm³/mol. The van der Waals surface area contributed by atoms with Crippen molar-refractivity contribution in [2.24, 2.45) is 0 Å². The third kappa shape index (κ3) is 6.96. The number of aromatic nitrogens is 1. The van der Waals surface area contributed by atoms with Crippen LogP contribution in [0.1, 0.15) is 109 Å². The third-order valence-electron chi connectivity index (χ3n) is 17.1. The minimum Gasteiger partial charge on any atom is -0.311 e. The largest absolute Gasteiger partial charge is 0.311 e. The first-order valence-electron chi connectivity index (χ1n) is 26.5. The first-order valence-corrected chi connectivity index (χ1v) is 27.5. The third-order valence-corrected chi connectivity index (χ3v) is 18.3. The van der Waals surface area contributed by atoms with Gasteiger partial charge in [-0.3, -0.25) is 0 Å². The van der Waals surface area contributed by atoms with Gasteiger partial charge in [0, 0.05) is 33.5 Å². The van der Waals surface area contributed by atoms with Crippen LogP contribution in [-0.4, -0.2) is 20.8 Å². The van der Waals surface area contributed by atoms with Crippen molar-refractivity contribution in [1.82, 2.24) is 4.57 Å². The lowest BCUT2D eigenvalue weighted by Gasteiger charge is -2.48. The number of nitrogens with zero attached hydrogens (tertiary/aromatic N) is 2. The van der Waals surface area contributed by atoms with Gasteiger partial charge in [-0.2, -0.15) is 0 Å². The van der Waals surface area contributed by atoms with Crippen molar-refractivity contribution in [2.45, 2.75) is 81.5 Å². The molecule has 4 aliphatic rings. The lowest BCUT2D eigenvalue weighted by Crippen LogP contribution is -2.65. The summed E-state index contributed by atoms with van der Waals surface area (Å²) < 4.78 is 2.59. The molecule has 4 heteroatoms. The fourth-order valence-corrected chi connectivity index (χ4v) is 15.0. The van der Waals surface area contributed by atoms with Gasteiger partial charge >= 0.3 is 0 Å². The van der Waals surface area contributed by atoms with E-state index in [0.717, 1.165) is 0 Å². The Kier molecular flexibility index (Phi) is 10.6. The molecule has 9 aromatic carbocycles. The van der Waals surface area contributed by atoms with Crippen molar-refractivity contribution in [3.05, 3.63) is 246 Å². The lowest BCUT2D eigenvalue weighted by molar-refractivity contribution is 0.444. The average molecular weight is 929 g/mol. The molecule has 71 heavy (non-hydrogen) atoms. The molecule has 3 heterocycles. The molecule has 0 N–H and O–H groups in total. The Morgan fingerprint density at radius 3 is 1.58 bits per heavy atom. The molecule has 2 aliphatic carbocycles. The summed E-state index contributed by atoms with van der Waals surface area (Å²) in [6.07, 6.45) is 13.3. The second kappa shape index (κ2) is 17.6. The van der Waals surface area contributed by atoms with E-state index in [2.05, 4.69) is 222 Å². The molecule has 0 bridgehead atoms. The first kappa shape index (κ1) is 42.7. The van der Waals surface area contributed by atoms with E-state index in [1.54, 1.807) is 0 Å². The Morgan fingerprint density at radius 2 is 0.972 bits per heavy atom. The number of hydrogen-bond acceptors (Lipinski definition) is 1. The molecule has 0 unspecified atom stereocenters. The van der Waals surface area contributed by atoms with Crippen LogP contribution in [0.4, 0.5) is 17.1 Å². The van der Waals surface area contributed by atoms with Crippen LogP contribution in [0.15, 0.2) is 212 Å². The SMILES string of the molecule is c1ccc([Si]c2ccc3c(c2)C(c2ccccc2)(c2ccccc2)c2cccc4c2B3c2ccc(-n3c5ccc(C6CCCCC6)cc5c5cc(C6CCCCC6)ccc53)cc2N4c2ccccc2)cc1. The van der Waals surface area contributed by atoms with Crippen molar-refractivity contribution < 1.29 is 0 Å². The van der Waals surface area contributed by atoms with Crippen LogP contribution < -0.4 is 31.7 Å². The molecular weight excluding hydrogens is 872 g/mol. The Balaban J connectivity index is 1.02. The van der Waals surface area contributed by atoms with Crippen LogP contribution in [-0.2, 0) is 5.41 Å². The van der Waals surface area contributed by atoms with Gasteiger partial charge in [-0.05, 0) is 136 Å². The standard InChI is InChI=1S/C67H57BN2Si/c1-7-20-46(21-8-1)48-34-40-62-56(42-48)57-43-49(47-22-9-2-10-23-47)35-41-63(57)70(62)53-36-38-61-65(44-53)69(52-28-15-5-16-29-52)64-33-19-32-58-66(64)68(61)60-39-37-55(71-54-30-17-6-18-31-54)45-59(60)67(58,50-24-11-3-12-25-50)51-26-13-4-14-27-51/h3-6,11-19,24-47H,1-2,7-10,20-23H2. The van der Waals surface area contributed by atoms with E-state index < -0.39 is 5.41 Å². The maximum atomic E-state index is 2.60. The van der Waals surface area contributed by atoms with Crippen molar-refractivity contribution in [3.63, 3.8) is 0 Å². The lowest BCUT2D eigenvalue weighted by atomic mass is 9.29. The summed E-state index contributed by atoms with van der Waals surface area (Å²) >= 11 is 0. The zero-order chi connectivity index (χ0) is 46.9. The zero-order valence-corrected chi connectivity index (χ0v) is 41.4. The van der Waals surface area contributed by atoms with E-state index in [1.165, 1.54) is 169 Å². The van der Waals surface area contributed by atoms with Crippen LogP contribution in [0.25, 0.3) is 27.5 Å². The highest BCUT2D eigenvalue weighted by Crippen LogP contribution is 2.50. The Hall–Kier alpha value is -7.14. The minimum atomic E-state index is -0.563. The molecule has 0 saturated heterocycles. The molecule has 342 valence electrons. The molecule has 2 nitrogen and oxygen atoms in total. The molecule has 2 saturated carbocycles. The van der Waals surface area contributed by atoms with Crippen molar-refractivity contribution >= 4 is 81.9 Å². The number of fused-ring (bicyclic) bond motifs is 7. The summed E-state index contributed by atoms with van der Waals surface area (Å²) in [6, 6.07) is 82.1. The number of rotatable bonds is 8. The van der Waals surface area contributed by atoms with Gasteiger partial charge in [-0.15, -0.1) is 0 Å². The van der Waals surface area contributed by atoms with Crippen LogP contribution in [0, 0.1) is 0 Å². The zero-order valence-electron chi connectivity index (χ0n) is 40.4. The highest BCUT2D eigenvalue weighted by atomic mass is 28.2. The Labute approximate surface area is 421 Å². The number of hydrogen-bond donors (Lipinski definition) is 0. The minimum absolute atomic E-state index is 0.0177. The van der Waals surface area contributed by atoms with E-state index in [9.17, 15) is 0 Å². The fourth-order valence-electron chi connectivity index (χ4n) is 13.9. The van der Waals surface area contributed by atoms with Crippen LogP contribution >= 0.6 is 0 Å². The Bertz CT molecular complexity index is 3470. The van der Waals surface area contributed by atoms with Crippen LogP contribution in [0.2, 0.25) is 0 Å². The summed E-state index contributed by atoms with van der Waals surface area (Å²) in [5, 5.41) is 5.51. The van der Waals surface area contributed by atoms with E-state index >= 15 is 0 Å². The molecular formula is C67H57BN2Si. The van der Waals surface area contributed by atoms with Gasteiger partial charge < -0.3 is 9.47 Å². The molecule has 2 aliphatic heterocycles. The van der Waals surface area contributed by atoms with Gasteiger partial charge in [0.1, 0.15) is 9.52 Å². The van der Waals surface area contributed by atoms with Gasteiger partial charge in [0.15, 0.2) is 0 Å². The summed E-state index contributed by atoms with van der Waals surface area (Å²) in [7, 11) is 0.545. The van der Waals surface area contributed by atoms with E-state index in [0.29, 0.717) is 21.4 Å². The van der Waals surface area contributed by atoms with Crippen molar-refractivity contribution in [3.8, 4) is 5.69 Å². The topological polar surface area (TPSA) is 8.17 Å². The summed E-state index contributed by atoms with van der Waals surface area (Å²) in [4.78, 5) is 2.58. The van der Waals surface area contributed by atoms with Crippen LogP contribution in [0.5, 0.6) is 0 Å². The van der Waals surface area contributed by atoms with Gasteiger partial charge in [0.25, 0.3) is 0 Å². The molecule has 0 atom stereocenters. The van der Waals surface area contributed by atoms with Crippen molar-refractivity contribution in [2.75, 3.05) is 4.90 Å². The summed E-state index contributed by atoms with van der Waals surface area (Å²) in [6.45, 7) is 0.0177. The van der Waals surface area contributed by atoms with Gasteiger partial charge in [-0.1, -0.05) is 212 Å². The Morgan fingerprint density at radius 1 is 0.408 bits per heavy atom. The normalized spacial score (nSPS) is 16.5. The second-order valence-electron chi connectivity index (χ2n) is 20.9. The summed E-state index contributed by atoms with van der Waals surface area (Å²) in [5.74, 6) is 1.30. The maximum absolute atomic E-state index is 2.60. The second-order valence-corrected chi connectivity index (χ2v) is 22.3. The van der Waals surface area contributed by atoms with E-state index in [-0.39, 0.29) is 6.71 Å². The molecule has 10 aromatic rings. The molecule has 1 aromatic heterocycles. The maximum Gasteiger partial charge on any atom is 0.247 e. The molecule has 2 radical (unpaired) electrons. The van der Waals surface area contributed by atoms with Gasteiger partial charge in [0.2, 0.25) is 6.71 Å². The summed E-state index contributed by atoms with van der Waals surface area (Å²) in [5.41, 5.74) is 19.4. The molecule has 0 spiro atoms. The van der Waals surface area contributed by atoms with Gasteiger partial charge in [0.05, 0.1) is 16.4 Å². The molecule has 14 rings (SSSR count).